The molecule has 1 fully saturated rings. The number of fused-ring (bicyclic) bond motifs is 1. The van der Waals surface area contributed by atoms with Crippen molar-refractivity contribution in [2.24, 2.45) is 0 Å². The van der Waals surface area contributed by atoms with Gasteiger partial charge in [-0.05, 0) is 54.7 Å². The molecule has 1 heterocycles. The van der Waals surface area contributed by atoms with Crippen LogP contribution in [0.1, 0.15) is 33.7 Å². The molecule has 0 unspecified atom stereocenters. The van der Waals surface area contributed by atoms with E-state index in [0.29, 0.717) is 23.0 Å². The molecule has 5 nitrogen and oxygen atoms in total. The summed E-state index contributed by atoms with van der Waals surface area (Å²) >= 11 is 1.31. The quantitative estimate of drug-likeness (QED) is 0.766. The van der Waals surface area contributed by atoms with Gasteiger partial charge in [0.15, 0.2) is 0 Å². The molecule has 4 rings (SSSR count). The zero-order chi connectivity index (χ0) is 16.5. The Hall–Kier alpha value is -2.73. The predicted octanol–water partition coefficient (Wildman–Crippen LogP) is 3.44. The van der Waals surface area contributed by atoms with Crippen LogP contribution in [0.4, 0.5) is 5.69 Å². The average Bonchev–Trinajstić information content (AvgIpc) is 3.30. The number of nitrogens with one attached hydrogen (secondary N) is 2. The Balaban J connectivity index is 1.48. The molecule has 0 radical (unpaired) electrons. The fourth-order valence-electron chi connectivity index (χ4n) is 2.44. The van der Waals surface area contributed by atoms with E-state index in [1.165, 1.54) is 11.5 Å². The molecule has 1 aliphatic carbocycles. The molecule has 1 saturated carbocycles. The Morgan fingerprint density at radius 3 is 2.50 bits per heavy atom. The summed E-state index contributed by atoms with van der Waals surface area (Å²) in [6.07, 6.45) is 2.11. The normalized spacial score (nSPS) is 13.7. The smallest absolute Gasteiger partial charge is 0.276 e. The molecule has 24 heavy (non-hydrogen) atoms. The molecular formula is C18H15N3O2S. The molecule has 120 valence electrons. The molecule has 0 atom stereocenters. The molecule has 1 aliphatic rings. The van der Waals surface area contributed by atoms with Gasteiger partial charge in [0, 0.05) is 22.7 Å². The highest BCUT2D eigenvalue weighted by molar-refractivity contribution is 7.13. The monoisotopic (exact) mass is 337 g/mol. The van der Waals surface area contributed by atoms with Gasteiger partial charge < -0.3 is 10.6 Å². The molecule has 2 N–H and O–H groups in total. The fraction of sp³-hybridized carbons (Fsp3) is 0.167. The number of hydrogen-bond donors (Lipinski definition) is 2. The minimum Gasteiger partial charge on any atom is -0.349 e. The van der Waals surface area contributed by atoms with E-state index in [0.717, 1.165) is 22.9 Å². The highest BCUT2D eigenvalue weighted by Gasteiger charge is 2.23. The number of anilines is 1. The van der Waals surface area contributed by atoms with Gasteiger partial charge >= 0.3 is 0 Å². The van der Waals surface area contributed by atoms with Crippen molar-refractivity contribution >= 4 is 39.1 Å². The summed E-state index contributed by atoms with van der Waals surface area (Å²) in [7, 11) is 0. The summed E-state index contributed by atoms with van der Waals surface area (Å²) in [5.41, 5.74) is 1.66. The molecule has 2 aromatic carbocycles. The molecule has 6 heteroatoms. The van der Waals surface area contributed by atoms with Crippen LogP contribution in [0.5, 0.6) is 0 Å². The number of hydrogen-bond acceptors (Lipinski definition) is 4. The molecular weight excluding hydrogens is 322 g/mol. The van der Waals surface area contributed by atoms with E-state index in [2.05, 4.69) is 15.0 Å². The van der Waals surface area contributed by atoms with Crippen molar-refractivity contribution in [3.8, 4) is 0 Å². The van der Waals surface area contributed by atoms with Crippen molar-refractivity contribution < 1.29 is 9.59 Å². The molecule has 3 aromatic rings. The largest absolute Gasteiger partial charge is 0.349 e. The van der Waals surface area contributed by atoms with Gasteiger partial charge in [0.1, 0.15) is 5.69 Å². The number of amides is 2. The Kier molecular flexibility index (Phi) is 3.74. The first kappa shape index (κ1) is 14.8. The lowest BCUT2D eigenvalue weighted by molar-refractivity contribution is 0.0950. The van der Waals surface area contributed by atoms with E-state index in [4.69, 9.17) is 0 Å². The van der Waals surface area contributed by atoms with Crippen LogP contribution in [0, 0.1) is 0 Å². The van der Waals surface area contributed by atoms with Crippen molar-refractivity contribution in [1.82, 2.24) is 9.69 Å². The topological polar surface area (TPSA) is 71.1 Å². The standard InChI is InChI=1S/C18H15N3O2S/c22-17(19-13-9-10-13)11-5-7-12(8-6-11)20-18(23)16-14-3-1-2-4-15(14)24-21-16/h1-8,13H,9-10H2,(H,19,22)(H,20,23). The molecule has 1 aromatic heterocycles. The average molecular weight is 337 g/mol. The van der Waals surface area contributed by atoms with Gasteiger partial charge in [0.05, 0.1) is 4.70 Å². The van der Waals surface area contributed by atoms with Crippen LogP contribution in [0.15, 0.2) is 48.5 Å². The van der Waals surface area contributed by atoms with Gasteiger partial charge in [-0.15, -0.1) is 0 Å². The second kappa shape index (κ2) is 6.05. The Morgan fingerprint density at radius 1 is 1.00 bits per heavy atom. The van der Waals surface area contributed by atoms with E-state index in [1.54, 1.807) is 24.3 Å². The highest BCUT2D eigenvalue weighted by atomic mass is 32.1. The third kappa shape index (κ3) is 3.00. The zero-order valence-corrected chi connectivity index (χ0v) is 13.6. The summed E-state index contributed by atoms with van der Waals surface area (Å²) in [6.45, 7) is 0. The second-order valence-electron chi connectivity index (χ2n) is 5.81. The van der Waals surface area contributed by atoms with Crippen LogP contribution in [0.2, 0.25) is 0 Å². The van der Waals surface area contributed by atoms with Crippen molar-refractivity contribution in [3.05, 3.63) is 59.8 Å². The Bertz CT molecular complexity index is 913. The van der Waals surface area contributed by atoms with E-state index in [-0.39, 0.29) is 11.8 Å². The number of carbonyl (C=O) groups excluding carboxylic acids is 2. The number of carbonyl (C=O) groups is 2. The third-order valence-corrected chi connectivity index (χ3v) is 4.74. The number of rotatable bonds is 4. The van der Waals surface area contributed by atoms with Gasteiger partial charge in [-0.1, -0.05) is 18.2 Å². The van der Waals surface area contributed by atoms with E-state index in [1.807, 2.05) is 24.3 Å². The van der Waals surface area contributed by atoms with E-state index < -0.39 is 0 Å². The van der Waals surface area contributed by atoms with Crippen LogP contribution < -0.4 is 10.6 Å². The lowest BCUT2D eigenvalue weighted by Gasteiger charge is -2.06. The second-order valence-corrected chi connectivity index (χ2v) is 6.61. The molecule has 0 aliphatic heterocycles. The van der Waals surface area contributed by atoms with Crippen molar-refractivity contribution in [1.29, 1.82) is 0 Å². The van der Waals surface area contributed by atoms with Crippen molar-refractivity contribution in [3.63, 3.8) is 0 Å². The molecule has 0 saturated heterocycles. The zero-order valence-electron chi connectivity index (χ0n) is 12.8. The first-order valence-corrected chi connectivity index (χ1v) is 8.55. The molecule has 0 bridgehead atoms. The first-order chi connectivity index (χ1) is 11.7. The van der Waals surface area contributed by atoms with Crippen molar-refractivity contribution in [2.75, 3.05) is 5.32 Å². The van der Waals surface area contributed by atoms with E-state index >= 15 is 0 Å². The molecule has 0 spiro atoms. The maximum absolute atomic E-state index is 12.4. The van der Waals surface area contributed by atoms with Crippen LogP contribution in [-0.4, -0.2) is 22.2 Å². The lowest BCUT2D eigenvalue weighted by Crippen LogP contribution is -2.25. The first-order valence-electron chi connectivity index (χ1n) is 7.77. The summed E-state index contributed by atoms with van der Waals surface area (Å²) in [6, 6.07) is 14.9. The summed E-state index contributed by atoms with van der Waals surface area (Å²) < 4.78 is 5.22. The Labute approximate surface area is 142 Å². The minimum absolute atomic E-state index is 0.0686. The number of nitrogens with zero attached hydrogens (tertiary/aromatic N) is 1. The maximum atomic E-state index is 12.4. The lowest BCUT2D eigenvalue weighted by atomic mass is 10.2. The van der Waals surface area contributed by atoms with Crippen LogP contribution in [0.25, 0.3) is 10.1 Å². The van der Waals surface area contributed by atoms with Gasteiger partial charge in [0.2, 0.25) is 0 Å². The van der Waals surface area contributed by atoms with Gasteiger partial charge in [0.25, 0.3) is 11.8 Å². The minimum atomic E-state index is -0.248. The van der Waals surface area contributed by atoms with E-state index in [9.17, 15) is 9.59 Å². The van der Waals surface area contributed by atoms with Crippen LogP contribution in [0.3, 0.4) is 0 Å². The maximum Gasteiger partial charge on any atom is 0.276 e. The summed E-state index contributed by atoms with van der Waals surface area (Å²) in [5.74, 6) is -0.316. The summed E-state index contributed by atoms with van der Waals surface area (Å²) in [4.78, 5) is 24.4. The van der Waals surface area contributed by atoms with Gasteiger partial charge in [-0.25, -0.2) is 0 Å². The number of aromatic nitrogens is 1. The van der Waals surface area contributed by atoms with Gasteiger partial charge in [-0.3, -0.25) is 9.59 Å². The van der Waals surface area contributed by atoms with Gasteiger partial charge in [-0.2, -0.15) is 4.37 Å². The van der Waals surface area contributed by atoms with Crippen LogP contribution in [-0.2, 0) is 0 Å². The van der Waals surface area contributed by atoms with Crippen LogP contribution >= 0.6 is 11.5 Å². The third-order valence-electron chi connectivity index (χ3n) is 3.91. The fourth-order valence-corrected chi connectivity index (χ4v) is 3.21. The Morgan fingerprint density at radius 2 is 1.75 bits per heavy atom. The molecule has 2 amide bonds. The number of benzene rings is 2. The predicted molar refractivity (Wildman–Crippen MR) is 94.5 cm³/mol. The van der Waals surface area contributed by atoms with Crippen molar-refractivity contribution in [2.45, 2.75) is 18.9 Å². The summed E-state index contributed by atoms with van der Waals surface area (Å²) in [5, 5.41) is 6.61. The SMILES string of the molecule is O=C(NC1CC1)c1ccc(NC(=O)c2nsc3ccccc23)cc1. The highest BCUT2D eigenvalue weighted by Crippen LogP contribution is 2.23.